The molecule has 0 saturated carbocycles. The van der Waals surface area contributed by atoms with Gasteiger partial charge in [-0.2, -0.15) is 13.2 Å². The van der Waals surface area contributed by atoms with Gasteiger partial charge in [0.1, 0.15) is 5.01 Å². The van der Waals surface area contributed by atoms with Crippen molar-refractivity contribution >= 4 is 28.4 Å². The molecule has 4 nitrogen and oxygen atoms in total. The number of hydrogen-bond acceptors (Lipinski definition) is 5. The van der Waals surface area contributed by atoms with E-state index in [1.165, 1.54) is 17.0 Å². The van der Waals surface area contributed by atoms with Crippen molar-refractivity contribution in [3.8, 4) is 10.6 Å². The zero-order valence-corrected chi connectivity index (χ0v) is 16.0. The Balaban J connectivity index is 1.66. The van der Waals surface area contributed by atoms with Crippen LogP contribution in [0.15, 0.2) is 42.5 Å². The van der Waals surface area contributed by atoms with Gasteiger partial charge >= 0.3 is 6.18 Å². The second-order valence-electron chi connectivity index (χ2n) is 6.88. The maximum atomic E-state index is 12.8. The van der Waals surface area contributed by atoms with E-state index in [4.69, 9.17) is 10.7 Å². The molecule has 8 heteroatoms. The number of hydrogen-bond donors (Lipinski definition) is 2. The van der Waals surface area contributed by atoms with E-state index < -0.39 is 11.7 Å². The van der Waals surface area contributed by atoms with Crippen LogP contribution in [-0.4, -0.2) is 23.5 Å². The largest absolute Gasteiger partial charge is 0.416 e. The number of fused-ring (bicyclic) bond motifs is 1. The zero-order valence-electron chi connectivity index (χ0n) is 15.2. The number of nitrogen functional groups attached to an aromatic ring is 1. The number of nitrogens with zero attached hydrogens (tertiary/aromatic N) is 2. The number of alkyl halides is 3. The standard InChI is InChI=1S/C20H19F3N4S/c1-27-9-8-17-18(11-27)28-19(26-17)15-10-13(24)4-7-16(15)25-14-5-2-12(3-6-14)20(21,22)23/h2-7,10,25H,8-9,11,24H2,1H3. The highest BCUT2D eigenvalue weighted by Gasteiger charge is 2.30. The fourth-order valence-corrected chi connectivity index (χ4v) is 4.40. The molecule has 0 fully saturated rings. The van der Waals surface area contributed by atoms with E-state index in [0.717, 1.165) is 53.6 Å². The van der Waals surface area contributed by atoms with E-state index in [0.29, 0.717) is 11.4 Å². The first-order chi connectivity index (χ1) is 13.3. The summed E-state index contributed by atoms with van der Waals surface area (Å²) in [5.74, 6) is 0. The molecule has 0 radical (unpaired) electrons. The molecule has 0 amide bonds. The van der Waals surface area contributed by atoms with Crippen molar-refractivity contribution in [1.82, 2.24) is 9.88 Å². The summed E-state index contributed by atoms with van der Waals surface area (Å²) >= 11 is 1.63. The van der Waals surface area contributed by atoms with Gasteiger partial charge in [0.25, 0.3) is 0 Å². The molecular weight excluding hydrogens is 385 g/mol. The summed E-state index contributed by atoms with van der Waals surface area (Å²) in [6.07, 6.45) is -3.44. The molecular formula is C20H19F3N4S. The molecule has 1 aliphatic rings. The minimum Gasteiger partial charge on any atom is -0.399 e. The second kappa shape index (κ2) is 7.10. The van der Waals surface area contributed by atoms with Crippen molar-refractivity contribution < 1.29 is 13.2 Å². The summed E-state index contributed by atoms with van der Waals surface area (Å²) in [7, 11) is 2.08. The van der Waals surface area contributed by atoms with Gasteiger partial charge in [-0.05, 0) is 49.5 Å². The van der Waals surface area contributed by atoms with Gasteiger partial charge in [0, 0.05) is 47.0 Å². The number of halogens is 3. The van der Waals surface area contributed by atoms with E-state index >= 15 is 0 Å². The lowest BCUT2D eigenvalue weighted by molar-refractivity contribution is -0.137. The Bertz CT molecular complexity index is 996. The van der Waals surface area contributed by atoms with Crippen molar-refractivity contribution in [2.45, 2.75) is 19.1 Å². The summed E-state index contributed by atoms with van der Waals surface area (Å²) in [5.41, 5.74) is 9.21. The number of nitrogens with two attached hydrogens (primary N) is 1. The number of benzene rings is 2. The number of thiazole rings is 1. The SMILES string of the molecule is CN1CCc2nc(-c3cc(N)ccc3Nc3ccc(C(F)(F)F)cc3)sc2C1. The van der Waals surface area contributed by atoms with Crippen LogP contribution in [0.1, 0.15) is 16.1 Å². The third-order valence-corrected chi connectivity index (χ3v) is 5.80. The molecule has 0 spiro atoms. The van der Waals surface area contributed by atoms with Gasteiger partial charge in [-0.3, -0.25) is 0 Å². The number of aromatic nitrogens is 1. The first-order valence-electron chi connectivity index (χ1n) is 8.81. The van der Waals surface area contributed by atoms with Crippen LogP contribution in [0.25, 0.3) is 10.6 Å². The number of likely N-dealkylation sites (N-methyl/N-ethyl adjacent to an activating group) is 1. The molecule has 0 bridgehead atoms. The highest BCUT2D eigenvalue weighted by molar-refractivity contribution is 7.15. The maximum absolute atomic E-state index is 12.8. The fourth-order valence-electron chi connectivity index (χ4n) is 3.18. The third-order valence-electron chi connectivity index (χ3n) is 4.69. The minimum atomic E-state index is -4.35. The number of nitrogens with one attached hydrogen (secondary N) is 1. The Morgan fingerprint density at radius 2 is 1.89 bits per heavy atom. The molecule has 3 aromatic rings. The smallest absolute Gasteiger partial charge is 0.399 e. The molecule has 2 aromatic carbocycles. The summed E-state index contributed by atoms with van der Waals surface area (Å²) in [6.45, 7) is 1.85. The molecule has 0 atom stereocenters. The Morgan fingerprint density at radius 1 is 1.14 bits per heavy atom. The van der Waals surface area contributed by atoms with Crippen molar-refractivity contribution in [3.63, 3.8) is 0 Å². The molecule has 1 aliphatic heterocycles. The van der Waals surface area contributed by atoms with Crippen molar-refractivity contribution in [2.75, 3.05) is 24.6 Å². The minimum absolute atomic E-state index is 0.570. The lowest BCUT2D eigenvalue weighted by Gasteiger charge is -2.20. The number of rotatable bonds is 3. The van der Waals surface area contributed by atoms with E-state index in [-0.39, 0.29) is 0 Å². The molecule has 146 valence electrons. The van der Waals surface area contributed by atoms with Gasteiger partial charge in [0.15, 0.2) is 0 Å². The monoisotopic (exact) mass is 404 g/mol. The Kier molecular flexibility index (Phi) is 4.76. The molecule has 0 aliphatic carbocycles. The van der Waals surface area contributed by atoms with Gasteiger partial charge in [-0.15, -0.1) is 11.3 Å². The predicted octanol–water partition coefficient (Wildman–Crippen LogP) is 5.14. The van der Waals surface area contributed by atoms with Gasteiger partial charge in [0.2, 0.25) is 0 Å². The molecule has 2 heterocycles. The van der Waals surface area contributed by atoms with Crippen LogP contribution < -0.4 is 11.1 Å². The molecule has 1 aromatic heterocycles. The van der Waals surface area contributed by atoms with Crippen LogP contribution in [0.3, 0.4) is 0 Å². The van der Waals surface area contributed by atoms with Crippen LogP contribution in [0.5, 0.6) is 0 Å². The summed E-state index contributed by atoms with van der Waals surface area (Å²) in [5, 5.41) is 4.06. The van der Waals surface area contributed by atoms with Crippen molar-refractivity contribution in [2.24, 2.45) is 0 Å². The van der Waals surface area contributed by atoms with Crippen LogP contribution in [0.4, 0.5) is 30.2 Å². The number of anilines is 3. The first kappa shape index (κ1) is 18.8. The van der Waals surface area contributed by atoms with E-state index in [2.05, 4.69) is 17.3 Å². The highest BCUT2D eigenvalue weighted by Crippen LogP contribution is 2.38. The molecule has 0 saturated heterocycles. The van der Waals surface area contributed by atoms with E-state index in [1.54, 1.807) is 17.4 Å². The molecule has 4 rings (SSSR count). The Morgan fingerprint density at radius 3 is 2.61 bits per heavy atom. The van der Waals surface area contributed by atoms with Crippen molar-refractivity contribution in [1.29, 1.82) is 0 Å². The van der Waals surface area contributed by atoms with Gasteiger partial charge in [-0.1, -0.05) is 0 Å². The lowest BCUT2D eigenvalue weighted by atomic mass is 10.1. The summed E-state index contributed by atoms with van der Waals surface area (Å²) in [6, 6.07) is 10.4. The third kappa shape index (κ3) is 3.83. The van der Waals surface area contributed by atoms with Gasteiger partial charge in [-0.25, -0.2) is 4.98 Å². The van der Waals surface area contributed by atoms with Gasteiger partial charge in [0.05, 0.1) is 11.3 Å². The topological polar surface area (TPSA) is 54.2 Å². The molecule has 3 N–H and O–H groups in total. The van der Waals surface area contributed by atoms with Crippen LogP contribution in [0.2, 0.25) is 0 Å². The van der Waals surface area contributed by atoms with Gasteiger partial charge < -0.3 is 16.0 Å². The fraction of sp³-hybridized carbons (Fsp3) is 0.250. The quantitative estimate of drug-likeness (QED) is 0.594. The highest BCUT2D eigenvalue weighted by atomic mass is 32.1. The first-order valence-corrected chi connectivity index (χ1v) is 9.62. The Labute approximate surface area is 164 Å². The maximum Gasteiger partial charge on any atom is 0.416 e. The summed E-state index contributed by atoms with van der Waals surface area (Å²) < 4.78 is 38.3. The van der Waals surface area contributed by atoms with E-state index in [9.17, 15) is 13.2 Å². The average Bonchev–Trinajstić information content (AvgIpc) is 3.06. The zero-order chi connectivity index (χ0) is 19.9. The van der Waals surface area contributed by atoms with E-state index in [1.807, 2.05) is 12.1 Å². The van der Waals surface area contributed by atoms with Crippen LogP contribution >= 0.6 is 11.3 Å². The summed E-state index contributed by atoms with van der Waals surface area (Å²) in [4.78, 5) is 8.29. The van der Waals surface area contributed by atoms with Crippen molar-refractivity contribution in [3.05, 3.63) is 58.6 Å². The second-order valence-corrected chi connectivity index (χ2v) is 7.97. The average molecular weight is 404 g/mol. The molecule has 0 unspecified atom stereocenters. The Hall–Kier alpha value is -2.58. The van der Waals surface area contributed by atoms with Crippen LogP contribution in [0, 0.1) is 0 Å². The van der Waals surface area contributed by atoms with Crippen LogP contribution in [-0.2, 0) is 19.1 Å². The molecule has 28 heavy (non-hydrogen) atoms. The lowest BCUT2D eigenvalue weighted by Crippen LogP contribution is -2.25. The predicted molar refractivity (Wildman–Crippen MR) is 107 cm³/mol. The normalized spacial score (nSPS) is 14.7.